The van der Waals surface area contributed by atoms with E-state index in [-0.39, 0.29) is 16.7 Å². The number of nitrogens with zero attached hydrogens (tertiary/aromatic N) is 1. The molecular formula is C15H14Br2N2O2. The van der Waals surface area contributed by atoms with Crippen molar-refractivity contribution in [3.8, 4) is 0 Å². The first-order valence-electron chi connectivity index (χ1n) is 6.39. The molecule has 0 saturated carbocycles. The number of halogens is 2. The summed E-state index contributed by atoms with van der Waals surface area (Å²) in [6, 6.07) is 12.8. The summed E-state index contributed by atoms with van der Waals surface area (Å²) in [6.07, 6.45) is 0. The van der Waals surface area contributed by atoms with Crippen LogP contribution in [0.3, 0.4) is 0 Å². The van der Waals surface area contributed by atoms with Crippen molar-refractivity contribution in [3.63, 3.8) is 0 Å². The summed E-state index contributed by atoms with van der Waals surface area (Å²) in [5.74, 6) is 0. The Bertz CT molecular complexity index is 662. The van der Waals surface area contributed by atoms with E-state index < -0.39 is 0 Å². The highest BCUT2D eigenvalue weighted by Crippen LogP contribution is 2.24. The van der Waals surface area contributed by atoms with E-state index in [0.29, 0.717) is 6.54 Å². The average molecular weight is 414 g/mol. The molecular weight excluding hydrogens is 400 g/mol. The summed E-state index contributed by atoms with van der Waals surface area (Å²) in [6.45, 7) is 2.68. The topological polar surface area (TPSA) is 55.2 Å². The van der Waals surface area contributed by atoms with Crippen LogP contribution >= 0.6 is 31.9 Å². The van der Waals surface area contributed by atoms with E-state index in [0.717, 1.165) is 20.1 Å². The summed E-state index contributed by atoms with van der Waals surface area (Å²) < 4.78 is 2.02. The zero-order valence-electron chi connectivity index (χ0n) is 11.3. The van der Waals surface area contributed by atoms with Crippen LogP contribution in [0.2, 0.25) is 0 Å². The Morgan fingerprint density at radius 1 is 1.19 bits per heavy atom. The summed E-state index contributed by atoms with van der Waals surface area (Å²) in [7, 11) is 0. The lowest BCUT2D eigenvalue weighted by Gasteiger charge is -2.14. The van der Waals surface area contributed by atoms with Gasteiger partial charge in [0.05, 0.1) is 4.92 Å². The molecule has 2 aromatic rings. The minimum Gasteiger partial charge on any atom is -0.306 e. The minimum absolute atomic E-state index is 0.0346. The molecule has 1 unspecified atom stereocenters. The van der Waals surface area contributed by atoms with Crippen molar-refractivity contribution in [2.24, 2.45) is 0 Å². The molecule has 0 spiro atoms. The van der Waals surface area contributed by atoms with E-state index >= 15 is 0 Å². The van der Waals surface area contributed by atoms with Crippen molar-refractivity contribution in [1.29, 1.82) is 0 Å². The predicted molar refractivity (Wildman–Crippen MR) is 90.2 cm³/mol. The lowest BCUT2D eigenvalue weighted by molar-refractivity contribution is -0.384. The van der Waals surface area contributed by atoms with E-state index in [2.05, 4.69) is 37.2 Å². The third kappa shape index (κ3) is 4.36. The zero-order chi connectivity index (χ0) is 15.4. The van der Waals surface area contributed by atoms with Crippen molar-refractivity contribution in [1.82, 2.24) is 5.32 Å². The number of nitro groups is 1. The van der Waals surface area contributed by atoms with Gasteiger partial charge in [-0.2, -0.15) is 0 Å². The molecule has 0 radical (unpaired) electrons. The summed E-state index contributed by atoms with van der Waals surface area (Å²) in [4.78, 5) is 10.4. The van der Waals surface area contributed by atoms with Crippen LogP contribution in [0.4, 0.5) is 5.69 Å². The normalized spacial score (nSPS) is 12.1. The van der Waals surface area contributed by atoms with Crippen LogP contribution in [0.5, 0.6) is 0 Å². The Hall–Kier alpha value is -1.24. The molecule has 4 nitrogen and oxygen atoms in total. The highest BCUT2D eigenvalue weighted by Gasteiger charge is 2.10. The SMILES string of the molecule is CC(NCc1ccc(Br)c(Br)c1)c1cccc([N+](=O)[O-])c1. The second kappa shape index (κ2) is 7.15. The van der Waals surface area contributed by atoms with Gasteiger partial charge in [0.1, 0.15) is 0 Å². The molecule has 1 atom stereocenters. The van der Waals surface area contributed by atoms with Crippen molar-refractivity contribution in [2.45, 2.75) is 19.5 Å². The fourth-order valence-electron chi connectivity index (χ4n) is 1.95. The van der Waals surface area contributed by atoms with E-state index in [9.17, 15) is 10.1 Å². The Kier molecular flexibility index (Phi) is 5.50. The van der Waals surface area contributed by atoms with Crippen molar-refractivity contribution >= 4 is 37.5 Å². The molecule has 6 heteroatoms. The first-order valence-corrected chi connectivity index (χ1v) is 7.97. The number of nitro benzene ring substituents is 1. The maximum absolute atomic E-state index is 10.8. The van der Waals surface area contributed by atoms with Gasteiger partial charge in [-0.05, 0) is 62.0 Å². The smallest absolute Gasteiger partial charge is 0.269 e. The number of hydrogen-bond acceptors (Lipinski definition) is 3. The highest BCUT2D eigenvalue weighted by molar-refractivity contribution is 9.13. The Labute approximate surface area is 140 Å². The van der Waals surface area contributed by atoms with Crippen LogP contribution in [-0.4, -0.2) is 4.92 Å². The molecule has 0 aliphatic carbocycles. The third-order valence-electron chi connectivity index (χ3n) is 3.18. The first-order chi connectivity index (χ1) is 9.97. The van der Waals surface area contributed by atoms with Gasteiger partial charge < -0.3 is 5.32 Å². The van der Waals surface area contributed by atoms with Gasteiger partial charge in [-0.1, -0.05) is 18.2 Å². The largest absolute Gasteiger partial charge is 0.306 e. The molecule has 0 fully saturated rings. The average Bonchev–Trinajstić information content (AvgIpc) is 2.48. The van der Waals surface area contributed by atoms with Crippen molar-refractivity contribution < 1.29 is 4.92 Å². The van der Waals surface area contributed by atoms with Gasteiger partial charge >= 0.3 is 0 Å². The molecule has 0 amide bonds. The van der Waals surface area contributed by atoms with Crippen LogP contribution in [0.1, 0.15) is 24.1 Å². The Morgan fingerprint density at radius 2 is 1.95 bits per heavy atom. The van der Waals surface area contributed by atoms with Gasteiger partial charge in [-0.15, -0.1) is 0 Å². The lowest BCUT2D eigenvalue weighted by atomic mass is 10.1. The molecule has 0 saturated heterocycles. The van der Waals surface area contributed by atoms with Crippen molar-refractivity contribution in [3.05, 3.63) is 72.7 Å². The molecule has 0 aliphatic rings. The van der Waals surface area contributed by atoms with Gasteiger partial charge in [-0.25, -0.2) is 0 Å². The number of hydrogen-bond donors (Lipinski definition) is 1. The van der Waals surface area contributed by atoms with Gasteiger partial charge in [0.25, 0.3) is 5.69 Å². The van der Waals surface area contributed by atoms with Gasteiger partial charge in [0, 0.05) is 33.7 Å². The van der Waals surface area contributed by atoms with Crippen LogP contribution in [0, 0.1) is 10.1 Å². The second-order valence-electron chi connectivity index (χ2n) is 4.70. The third-order valence-corrected chi connectivity index (χ3v) is 5.06. The quantitative estimate of drug-likeness (QED) is 0.556. The molecule has 21 heavy (non-hydrogen) atoms. The lowest BCUT2D eigenvalue weighted by Crippen LogP contribution is -2.18. The fraction of sp³-hybridized carbons (Fsp3) is 0.200. The summed E-state index contributed by atoms with van der Waals surface area (Å²) >= 11 is 6.91. The van der Waals surface area contributed by atoms with Gasteiger partial charge in [0.2, 0.25) is 0 Å². The van der Waals surface area contributed by atoms with E-state index in [1.54, 1.807) is 12.1 Å². The van der Waals surface area contributed by atoms with Gasteiger partial charge in [-0.3, -0.25) is 10.1 Å². The molecule has 1 N–H and O–H groups in total. The Morgan fingerprint density at radius 3 is 2.62 bits per heavy atom. The van der Waals surface area contributed by atoms with Crippen LogP contribution in [-0.2, 0) is 6.54 Å². The number of rotatable bonds is 5. The molecule has 2 aromatic carbocycles. The number of nitrogens with one attached hydrogen (secondary N) is 1. The standard InChI is InChI=1S/C15H14Br2N2O2/c1-10(12-3-2-4-13(8-12)19(20)21)18-9-11-5-6-14(16)15(17)7-11/h2-8,10,18H,9H2,1H3. The zero-order valence-corrected chi connectivity index (χ0v) is 14.5. The number of benzene rings is 2. The second-order valence-corrected chi connectivity index (χ2v) is 6.41. The maximum Gasteiger partial charge on any atom is 0.269 e. The fourth-order valence-corrected chi connectivity index (χ4v) is 2.62. The summed E-state index contributed by atoms with van der Waals surface area (Å²) in [5, 5.41) is 14.2. The summed E-state index contributed by atoms with van der Waals surface area (Å²) in [5.41, 5.74) is 2.16. The van der Waals surface area contributed by atoms with Crippen molar-refractivity contribution in [2.75, 3.05) is 0 Å². The van der Waals surface area contributed by atoms with Crippen LogP contribution in [0.25, 0.3) is 0 Å². The molecule has 0 aliphatic heterocycles. The molecule has 110 valence electrons. The van der Waals surface area contributed by atoms with E-state index in [4.69, 9.17) is 0 Å². The molecule has 0 heterocycles. The first kappa shape index (κ1) is 16.1. The predicted octanol–water partition coefficient (Wildman–Crippen LogP) is 4.97. The molecule has 0 aromatic heterocycles. The van der Waals surface area contributed by atoms with Gasteiger partial charge in [0.15, 0.2) is 0 Å². The molecule has 2 rings (SSSR count). The number of non-ortho nitro benzene ring substituents is 1. The van der Waals surface area contributed by atoms with E-state index in [1.165, 1.54) is 6.07 Å². The highest BCUT2D eigenvalue weighted by atomic mass is 79.9. The Balaban J connectivity index is 2.04. The van der Waals surface area contributed by atoms with E-state index in [1.807, 2.05) is 31.2 Å². The monoisotopic (exact) mass is 412 g/mol. The van der Waals surface area contributed by atoms with Crippen LogP contribution in [0.15, 0.2) is 51.4 Å². The van der Waals surface area contributed by atoms with Crippen LogP contribution < -0.4 is 5.32 Å². The molecule has 0 bridgehead atoms. The maximum atomic E-state index is 10.8. The minimum atomic E-state index is -0.373.